The number of ether oxygens (including phenoxy) is 1. The first kappa shape index (κ1) is 66.1. The van der Waals surface area contributed by atoms with Gasteiger partial charge in [-0.1, -0.05) is 131 Å². The molecule has 1 fully saturated rings. The highest BCUT2D eigenvalue weighted by Crippen LogP contribution is 2.33. The molecule has 4 aromatic rings. The van der Waals surface area contributed by atoms with Gasteiger partial charge in [0.05, 0.1) is 24.5 Å². The second-order valence-electron chi connectivity index (χ2n) is 20.4. The molecule has 3 heterocycles. The number of ketones is 1. The number of carbonyl (C=O) groups excluding carboxylic acids is 1. The molecule has 1 atom stereocenters. The van der Waals surface area contributed by atoms with E-state index in [9.17, 15) is 9.18 Å². The van der Waals surface area contributed by atoms with Crippen molar-refractivity contribution in [2.45, 2.75) is 180 Å². The van der Waals surface area contributed by atoms with Gasteiger partial charge < -0.3 is 25.7 Å². The summed E-state index contributed by atoms with van der Waals surface area (Å²) in [5, 5.41) is 6.43. The zero-order chi connectivity index (χ0) is 55.9. The van der Waals surface area contributed by atoms with E-state index in [4.69, 9.17) is 4.74 Å². The van der Waals surface area contributed by atoms with Gasteiger partial charge in [-0.25, -0.2) is 9.82 Å². The maximum absolute atomic E-state index is 13.8. The highest BCUT2D eigenvalue weighted by Gasteiger charge is 2.22. The van der Waals surface area contributed by atoms with Crippen LogP contribution in [-0.2, 0) is 6.54 Å². The maximum atomic E-state index is 13.8. The molecule has 1 unspecified atom stereocenters. The van der Waals surface area contributed by atoms with Crippen molar-refractivity contribution in [3.05, 3.63) is 124 Å². The molecule has 6 rings (SSSR count). The van der Waals surface area contributed by atoms with Gasteiger partial charge in [0.25, 0.3) is 0 Å². The van der Waals surface area contributed by atoms with Crippen molar-refractivity contribution in [1.82, 2.24) is 25.5 Å². The number of fused-ring (bicyclic) bond motifs is 1. The molecule has 3 aromatic carbocycles. The third kappa shape index (κ3) is 22.6. The van der Waals surface area contributed by atoms with Gasteiger partial charge in [-0.2, -0.15) is 0 Å². The monoisotopic (exact) mass is 1030 g/mol. The molecule has 0 radical (unpaired) electrons. The molecule has 0 amide bonds. The van der Waals surface area contributed by atoms with Crippen LogP contribution < -0.4 is 26.2 Å². The lowest BCUT2D eigenvalue weighted by Gasteiger charge is -2.32. The molecule has 0 aliphatic carbocycles. The molecule has 0 spiro atoms. The Bertz CT molecular complexity index is 2240. The minimum absolute atomic E-state index is 0.0356. The lowest BCUT2D eigenvalue weighted by atomic mass is 9.88. The lowest BCUT2D eigenvalue weighted by molar-refractivity contribution is 0.101. The molecule has 0 saturated carbocycles. The number of anilines is 2. The van der Waals surface area contributed by atoms with E-state index in [1.807, 2.05) is 53.1 Å². The van der Waals surface area contributed by atoms with E-state index in [1.165, 1.54) is 97.6 Å². The number of halogens is 1. The number of pyridine rings is 1. The van der Waals surface area contributed by atoms with E-state index in [0.29, 0.717) is 28.8 Å². The quantitative estimate of drug-likeness (QED) is 0.0512. The lowest BCUT2D eigenvalue weighted by Crippen LogP contribution is -2.34. The first-order valence-electron chi connectivity index (χ1n) is 28.9. The minimum atomic E-state index is -0.240. The van der Waals surface area contributed by atoms with Crippen LogP contribution in [0.1, 0.15) is 192 Å². The van der Waals surface area contributed by atoms with Crippen LogP contribution in [0.15, 0.2) is 84.7 Å². The average molecular weight is 1030 g/mol. The summed E-state index contributed by atoms with van der Waals surface area (Å²) in [4.78, 5) is 21.4. The Hall–Kier alpha value is -5.03. The highest BCUT2D eigenvalue weighted by atomic mass is 19.1. The summed E-state index contributed by atoms with van der Waals surface area (Å²) in [6.45, 7) is 41.2. The zero-order valence-corrected chi connectivity index (χ0v) is 50.0. The molecular weight excluding hydrogens is 930 g/mol. The molecule has 1 saturated heterocycles. The summed E-state index contributed by atoms with van der Waals surface area (Å²) < 4.78 is 19.2. The summed E-state index contributed by atoms with van der Waals surface area (Å²) >= 11 is 0. The number of hydrazine groups is 1. The second kappa shape index (κ2) is 36.9. The minimum Gasteiger partial charge on any atom is -0.495 e. The van der Waals surface area contributed by atoms with Gasteiger partial charge in [0.15, 0.2) is 5.78 Å². The van der Waals surface area contributed by atoms with Crippen LogP contribution in [0.4, 0.5) is 15.8 Å². The fraction of sp³-hybridized carbons (Fsp3) is 0.569. The number of hydrogen-bond acceptors (Lipinski definition) is 9. The number of aromatic nitrogens is 1. The summed E-state index contributed by atoms with van der Waals surface area (Å²) in [6, 6.07) is 20.2. The largest absolute Gasteiger partial charge is 0.495 e. The van der Waals surface area contributed by atoms with Gasteiger partial charge in [0, 0.05) is 61.5 Å². The Balaban J connectivity index is 0.000000412. The Labute approximate surface area is 457 Å². The smallest absolute Gasteiger partial charge is 0.159 e. The van der Waals surface area contributed by atoms with Crippen molar-refractivity contribution in [2.24, 2.45) is 11.8 Å². The van der Waals surface area contributed by atoms with Gasteiger partial charge in [-0.15, -0.1) is 0 Å². The number of aryl methyl sites for hydroxylation is 2. The van der Waals surface area contributed by atoms with Gasteiger partial charge in [0.2, 0.25) is 0 Å². The molecule has 75 heavy (non-hydrogen) atoms. The van der Waals surface area contributed by atoms with Crippen LogP contribution in [0.2, 0.25) is 0 Å². The predicted octanol–water partition coefficient (Wildman–Crippen LogP) is 16.4. The third-order valence-corrected chi connectivity index (χ3v) is 13.9. The van der Waals surface area contributed by atoms with Crippen LogP contribution in [0.5, 0.6) is 5.75 Å². The first-order chi connectivity index (χ1) is 36.1. The molecule has 9 nitrogen and oxygen atoms in total. The Morgan fingerprint density at radius 2 is 1.53 bits per heavy atom. The highest BCUT2D eigenvalue weighted by molar-refractivity contribution is 5.94. The van der Waals surface area contributed by atoms with Crippen LogP contribution in [0.25, 0.3) is 17.2 Å². The third-order valence-electron chi connectivity index (χ3n) is 13.9. The number of hydrogen-bond donors (Lipinski definition) is 4. The molecule has 418 valence electrons. The fourth-order valence-corrected chi connectivity index (χ4v) is 9.90. The van der Waals surface area contributed by atoms with E-state index >= 15 is 0 Å². The summed E-state index contributed by atoms with van der Waals surface area (Å²) in [7, 11) is 3.44. The normalized spacial score (nSPS) is 13.7. The van der Waals surface area contributed by atoms with Crippen molar-refractivity contribution in [1.29, 1.82) is 0 Å². The number of Topliss-reactive ketones (excluding diaryl/α,β-unsaturated/α-hetero) is 1. The van der Waals surface area contributed by atoms with Crippen LogP contribution >= 0.6 is 0 Å². The Morgan fingerprint density at radius 1 is 0.893 bits per heavy atom. The van der Waals surface area contributed by atoms with E-state index in [0.717, 1.165) is 80.4 Å². The van der Waals surface area contributed by atoms with Gasteiger partial charge >= 0.3 is 0 Å². The number of benzene rings is 3. The summed E-state index contributed by atoms with van der Waals surface area (Å²) in [6.07, 6.45) is 16.6. The SMILES string of the molecule is C=C(NC)C(CCC(C)C)Nc1cc(F)c(C)cc1OC.CC.CC.CC(=O)c1ccc(C2CCN(C/C(C)=C/c3c(-c4ccc5c(c4)CNN5)ccnc3C)CC2)cc1.CCCC(CCC)CN(CCC)CCC. The summed E-state index contributed by atoms with van der Waals surface area (Å²) in [5.41, 5.74) is 19.2. The fourth-order valence-electron chi connectivity index (χ4n) is 9.90. The zero-order valence-electron chi connectivity index (χ0n) is 50.0. The number of carbonyl (C=O) groups is 1. The number of methoxy groups -OCH3 is 1. The summed E-state index contributed by atoms with van der Waals surface area (Å²) in [5.74, 6) is 2.66. The number of piperidine rings is 1. The van der Waals surface area contributed by atoms with E-state index in [1.54, 1.807) is 27.0 Å². The second-order valence-corrected chi connectivity index (χ2v) is 20.4. The van der Waals surface area contributed by atoms with Crippen molar-refractivity contribution in [3.63, 3.8) is 0 Å². The Morgan fingerprint density at radius 3 is 2.09 bits per heavy atom. The van der Waals surface area contributed by atoms with Crippen molar-refractivity contribution < 1.29 is 13.9 Å². The van der Waals surface area contributed by atoms with Crippen LogP contribution in [0.3, 0.4) is 0 Å². The van der Waals surface area contributed by atoms with E-state index in [2.05, 4.69) is 141 Å². The number of rotatable bonds is 24. The average Bonchev–Trinajstić information content (AvgIpc) is 3.89. The first-order valence-corrected chi connectivity index (χ1v) is 28.9. The van der Waals surface area contributed by atoms with Crippen molar-refractivity contribution >= 4 is 23.2 Å². The van der Waals surface area contributed by atoms with Crippen LogP contribution in [-0.4, -0.2) is 80.0 Å². The van der Waals surface area contributed by atoms with E-state index < -0.39 is 0 Å². The number of likely N-dealkylation sites (tertiary alicyclic amines) is 1. The van der Waals surface area contributed by atoms with E-state index in [-0.39, 0.29) is 17.6 Å². The van der Waals surface area contributed by atoms with Crippen LogP contribution in [0, 0.1) is 31.5 Å². The molecule has 1 aromatic heterocycles. The molecule has 2 aliphatic heterocycles. The van der Waals surface area contributed by atoms with Crippen molar-refractivity contribution in [3.8, 4) is 16.9 Å². The molecule has 10 heteroatoms. The van der Waals surface area contributed by atoms with Gasteiger partial charge in [-0.05, 0) is 175 Å². The van der Waals surface area contributed by atoms with Gasteiger partial charge in [0.1, 0.15) is 11.6 Å². The number of nitrogens with one attached hydrogen (secondary N) is 4. The maximum Gasteiger partial charge on any atom is 0.159 e. The standard InChI is InChI=1S/C30H34N4O.C17H27FN2O.C14H31N.2C2H6/c1-20(19-34-14-11-25(12-15-34)24-6-4-23(5-7-24)22(3)35)16-29-21(2)31-13-10-28(29)26-8-9-30-27(17-26)18-32-33-30;1-11(2)7-8-15(13(4)19-5)20-16-10-14(18)12(3)9-17(16)21-6;1-5-9-14(10-6-2)13-15(11-7-3)12-8-4;2*1-2/h4-10,13,16-17,25,32-33H,11-12,14-15,18-19H2,1-3H3;9-11,15,19-20H,4,7-8H2,1-3,5-6H3;14H,5-13H2,1-4H3;2*1-2H3/b20-16+;;;;. The topological polar surface area (TPSA) is 93.8 Å². The molecule has 4 N–H and O–H groups in total. The molecule has 2 aliphatic rings. The predicted molar refractivity (Wildman–Crippen MR) is 324 cm³/mol. The number of nitrogens with zero attached hydrogens (tertiary/aromatic N) is 3. The number of likely N-dealkylation sites (N-methyl/N-ethyl adjacent to an activating group) is 1. The molecule has 0 bridgehead atoms. The van der Waals surface area contributed by atoms with Gasteiger partial charge in [-0.3, -0.25) is 14.7 Å². The van der Waals surface area contributed by atoms with Crippen molar-refractivity contribution in [2.75, 3.05) is 64.2 Å². The molecular formula is C65H104FN7O2. The Kier molecular flexibility index (Phi) is 32.5.